The fourth-order valence-corrected chi connectivity index (χ4v) is 2.11. The van der Waals surface area contributed by atoms with Gasteiger partial charge in [0.15, 0.2) is 0 Å². The standard InChI is InChI=1S/C13H14BrF2NO4/c1-21-10-3-2-8(14)4-7(10)5-12(18)17-9(13(19)20)6-11(15)16/h2-4,9,11H,5-6H2,1H3,(H,17,18)(H,19,20). The Hall–Kier alpha value is -1.70. The lowest BCUT2D eigenvalue weighted by molar-refractivity contribution is -0.142. The van der Waals surface area contributed by atoms with Gasteiger partial charge in [-0.2, -0.15) is 0 Å². The summed E-state index contributed by atoms with van der Waals surface area (Å²) in [5.74, 6) is -1.71. The number of halogens is 3. The van der Waals surface area contributed by atoms with Gasteiger partial charge in [-0.25, -0.2) is 13.6 Å². The predicted molar refractivity (Wildman–Crippen MR) is 74.6 cm³/mol. The molecule has 5 nitrogen and oxygen atoms in total. The van der Waals surface area contributed by atoms with E-state index in [0.717, 1.165) is 0 Å². The summed E-state index contributed by atoms with van der Waals surface area (Å²) in [5.41, 5.74) is 0.519. The predicted octanol–water partition coefficient (Wildman–Crippen LogP) is 2.22. The maximum absolute atomic E-state index is 12.3. The Labute approximate surface area is 128 Å². The van der Waals surface area contributed by atoms with Crippen molar-refractivity contribution in [3.8, 4) is 5.75 Å². The number of methoxy groups -OCH3 is 1. The summed E-state index contributed by atoms with van der Waals surface area (Å²) >= 11 is 3.24. The molecule has 1 amide bonds. The number of amides is 1. The van der Waals surface area contributed by atoms with Crippen LogP contribution < -0.4 is 10.1 Å². The van der Waals surface area contributed by atoms with E-state index in [1.165, 1.54) is 7.11 Å². The molecule has 0 aliphatic rings. The summed E-state index contributed by atoms with van der Waals surface area (Å²) in [6, 6.07) is 3.38. The molecular weight excluding hydrogens is 352 g/mol. The van der Waals surface area contributed by atoms with E-state index in [9.17, 15) is 18.4 Å². The molecule has 116 valence electrons. The second-order valence-corrected chi connectivity index (χ2v) is 5.13. The summed E-state index contributed by atoms with van der Waals surface area (Å²) in [5, 5.41) is 10.9. The van der Waals surface area contributed by atoms with Crippen LogP contribution in [0.2, 0.25) is 0 Å². The second-order valence-electron chi connectivity index (χ2n) is 4.22. The molecule has 0 bridgehead atoms. The van der Waals surface area contributed by atoms with E-state index in [0.29, 0.717) is 15.8 Å². The summed E-state index contributed by atoms with van der Waals surface area (Å²) in [6.45, 7) is 0. The van der Waals surface area contributed by atoms with Crippen LogP contribution in [-0.4, -0.2) is 36.6 Å². The number of hydrogen-bond donors (Lipinski definition) is 2. The van der Waals surface area contributed by atoms with Crippen molar-refractivity contribution in [2.75, 3.05) is 7.11 Å². The Morgan fingerprint density at radius 3 is 2.62 bits per heavy atom. The second kappa shape index (κ2) is 7.92. The molecule has 0 fully saturated rings. The van der Waals surface area contributed by atoms with Crippen LogP contribution in [0.1, 0.15) is 12.0 Å². The Bertz CT molecular complexity index is 525. The van der Waals surface area contributed by atoms with Crippen LogP contribution in [0, 0.1) is 0 Å². The smallest absolute Gasteiger partial charge is 0.326 e. The van der Waals surface area contributed by atoms with Crippen molar-refractivity contribution in [1.82, 2.24) is 5.32 Å². The Balaban J connectivity index is 2.76. The highest BCUT2D eigenvalue weighted by Gasteiger charge is 2.24. The van der Waals surface area contributed by atoms with E-state index >= 15 is 0 Å². The fraction of sp³-hybridized carbons (Fsp3) is 0.385. The van der Waals surface area contributed by atoms with Crippen molar-refractivity contribution < 1.29 is 28.2 Å². The lowest BCUT2D eigenvalue weighted by atomic mass is 10.1. The van der Waals surface area contributed by atoms with Crippen LogP contribution in [0.5, 0.6) is 5.75 Å². The number of aliphatic carboxylic acids is 1. The molecule has 1 unspecified atom stereocenters. The lowest BCUT2D eigenvalue weighted by Crippen LogP contribution is -2.42. The molecule has 0 aromatic heterocycles. The maximum Gasteiger partial charge on any atom is 0.326 e. The van der Waals surface area contributed by atoms with E-state index in [1.807, 2.05) is 0 Å². The number of carboxylic acids is 1. The number of benzene rings is 1. The number of carbonyl (C=O) groups is 2. The molecule has 0 aliphatic carbocycles. The van der Waals surface area contributed by atoms with E-state index < -0.39 is 30.8 Å². The molecule has 1 aromatic rings. The highest BCUT2D eigenvalue weighted by atomic mass is 79.9. The van der Waals surface area contributed by atoms with Crippen molar-refractivity contribution in [3.63, 3.8) is 0 Å². The third-order valence-corrected chi connectivity index (χ3v) is 3.13. The lowest BCUT2D eigenvalue weighted by Gasteiger charge is -2.15. The average Bonchev–Trinajstić information content (AvgIpc) is 2.37. The van der Waals surface area contributed by atoms with Gasteiger partial charge in [-0.05, 0) is 18.2 Å². The first-order chi connectivity index (χ1) is 9.83. The molecule has 1 aromatic carbocycles. The molecule has 0 radical (unpaired) electrons. The summed E-state index contributed by atoms with van der Waals surface area (Å²) in [7, 11) is 1.43. The van der Waals surface area contributed by atoms with Crippen molar-refractivity contribution >= 4 is 27.8 Å². The van der Waals surface area contributed by atoms with Gasteiger partial charge in [0.2, 0.25) is 12.3 Å². The molecule has 0 saturated heterocycles. The first-order valence-corrected chi connectivity index (χ1v) is 6.75. The van der Waals surface area contributed by atoms with Crippen molar-refractivity contribution in [1.29, 1.82) is 0 Å². The Morgan fingerprint density at radius 2 is 2.10 bits per heavy atom. The number of rotatable bonds is 7. The molecular formula is C13H14BrF2NO4. The fourth-order valence-electron chi connectivity index (χ4n) is 1.70. The first-order valence-electron chi connectivity index (χ1n) is 5.96. The topological polar surface area (TPSA) is 75.6 Å². The average molecular weight is 366 g/mol. The molecule has 0 spiro atoms. The highest BCUT2D eigenvalue weighted by Crippen LogP contribution is 2.23. The normalized spacial score (nSPS) is 12.0. The number of hydrogen-bond acceptors (Lipinski definition) is 3. The van der Waals surface area contributed by atoms with Gasteiger partial charge >= 0.3 is 5.97 Å². The molecule has 0 aliphatic heterocycles. The van der Waals surface area contributed by atoms with Gasteiger partial charge < -0.3 is 15.2 Å². The monoisotopic (exact) mass is 365 g/mol. The minimum atomic E-state index is -2.81. The molecule has 1 rings (SSSR count). The summed E-state index contributed by atoms with van der Waals surface area (Å²) < 4.78 is 30.3. The largest absolute Gasteiger partial charge is 0.496 e. The van der Waals surface area contributed by atoms with Gasteiger partial charge in [-0.3, -0.25) is 4.79 Å². The first kappa shape index (κ1) is 17.4. The van der Waals surface area contributed by atoms with Crippen LogP contribution in [0.25, 0.3) is 0 Å². The van der Waals surface area contributed by atoms with Crippen LogP contribution in [0.4, 0.5) is 8.78 Å². The highest BCUT2D eigenvalue weighted by molar-refractivity contribution is 9.10. The molecule has 2 N–H and O–H groups in total. The van der Waals surface area contributed by atoms with Crippen LogP contribution in [0.3, 0.4) is 0 Å². The van der Waals surface area contributed by atoms with Gasteiger partial charge in [-0.1, -0.05) is 15.9 Å². The Morgan fingerprint density at radius 1 is 1.43 bits per heavy atom. The third-order valence-electron chi connectivity index (χ3n) is 2.64. The van der Waals surface area contributed by atoms with Gasteiger partial charge in [0.25, 0.3) is 0 Å². The molecule has 0 saturated carbocycles. The number of carboxylic acid groups (broad SMARTS) is 1. The molecule has 8 heteroatoms. The van der Waals surface area contributed by atoms with Crippen LogP contribution in [-0.2, 0) is 16.0 Å². The van der Waals surface area contributed by atoms with Crippen molar-refractivity contribution in [2.45, 2.75) is 25.3 Å². The quantitative estimate of drug-likeness (QED) is 0.776. The van der Waals surface area contributed by atoms with E-state index in [-0.39, 0.29) is 6.42 Å². The van der Waals surface area contributed by atoms with Gasteiger partial charge in [0.05, 0.1) is 13.5 Å². The number of alkyl halides is 2. The van der Waals surface area contributed by atoms with Gasteiger partial charge in [-0.15, -0.1) is 0 Å². The van der Waals surface area contributed by atoms with E-state index in [4.69, 9.17) is 9.84 Å². The van der Waals surface area contributed by atoms with Crippen LogP contribution in [0.15, 0.2) is 22.7 Å². The van der Waals surface area contributed by atoms with E-state index in [1.54, 1.807) is 18.2 Å². The van der Waals surface area contributed by atoms with Crippen LogP contribution >= 0.6 is 15.9 Å². The SMILES string of the molecule is COc1ccc(Br)cc1CC(=O)NC(CC(F)F)C(=O)O. The third kappa shape index (κ3) is 5.66. The zero-order valence-electron chi connectivity index (χ0n) is 11.1. The minimum Gasteiger partial charge on any atom is -0.496 e. The van der Waals surface area contributed by atoms with Crippen molar-refractivity contribution in [3.05, 3.63) is 28.2 Å². The zero-order chi connectivity index (χ0) is 16.0. The summed E-state index contributed by atoms with van der Waals surface area (Å²) in [6.07, 6.45) is -3.92. The molecule has 21 heavy (non-hydrogen) atoms. The van der Waals surface area contributed by atoms with Crippen molar-refractivity contribution in [2.24, 2.45) is 0 Å². The number of ether oxygens (including phenoxy) is 1. The Kier molecular flexibility index (Phi) is 6.54. The maximum atomic E-state index is 12.3. The molecule has 1 atom stereocenters. The van der Waals surface area contributed by atoms with E-state index in [2.05, 4.69) is 21.2 Å². The molecule has 0 heterocycles. The number of carbonyl (C=O) groups excluding carboxylic acids is 1. The summed E-state index contributed by atoms with van der Waals surface area (Å²) in [4.78, 5) is 22.6. The van der Waals surface area contributed by atoms with Gasteiger partial charge in [0.1, 0.15) is 11.8 Å². The minimum absolute atomic E-state index is 0.171. The zero-order valence-corrected chi connectivity index (χ0v) is 12.7. The van der Waals surface area contributed by atoms with Gasteiger partial charge in [0, 0.05) is 16.5 Å². The number of nitrogens with one attached hydrogen (secondary N) is 1.